The van der Waals surface area contributed by atoms with Crippen LogP contribution in [0.4, 0.5) is 4.79 Å². The van der Waals surface area contributed by atoms with E-state index in [1.807, 2.05) is 19.1 Å². The van der Waals surface area contributed by atoms with E-state index in [1.165, 1.54) is 11.1 Å². The zero-order chi connectivity index (χ0) is 15.0. The number of hydrogen-bond donors (Lipinski definition) is 3. The summed E-state index contributed by atoms with van der Waals surface area (Å²) in [6.07, 6.45) is 3.17. The van der Waals surface area contributed by atoms with Crippen molar-refractivity contribution in [1.82, 2.24) is 10.6 Å². The highest BCUT2D eigenvalue weighted by Crippen LogP contribution is 2.39. The van der Waals surface area contributed by atoms with Crippen molar-refractivity contribution in [2.45, 2.75) is 44.7 Å². The average molecular weight is 288 g/mol. The number of hydrogen-bond acceptors (Lipinski definition) is 2. The van der Waals surface area contributed by atoms with E-state index in [0.29, 0.717) is 11.8 Å². The summed E-state index contributed by atoms with van der Waals surface area (Å²) >= 11 is 0. The molecule has 0 spiro atoms. The fourth-order valence-electron chi connectivity index (χ4n) is 3.44. The van der Waals surface area contributed by atoms with Gasteiger partial charge in [-0.1, -0.05) is 31.2 Å². The van der Waals surface area contributed by atoms with Crippen molar-refractivity contribution in [3.05, 3.63) is 35.4 Å². The van der Waals surface area contributed by atoms with Gasteiger partial charge in [0, 0.05) is 0 Å². The van der Waals surface area contributed by atoms with E-state index in [4.69, 9.17) is 0 Å². The SMILES string of the molecule is CC1Cc2ccccc2C1NC(=O)NC(C)(CO)C1CC1. The molecule has 2 aliphatic rings. The monoisotopic (exact) mass is 288 g/mol. The Morgan fingerprint density at radius 1 is 1.38 bits per heavy atom. The van der Waals surface area contributed by atoms with Crippen LogP contribution in [0.5, 0.6) is 0 Å². The number of rotatable bonds is 4. The average Bonchev–Trinajstić information content (AvgIpc) is 3.26. The molecule has 2 aliphatic carbocycles. The lowest BCUT2D eigenvalue weighted by atomic mass is 9.97. The van der Waals surface area contributed by atoms with Crippen molar-refractivity contribution >= 4 is 6.03 Å². The summed E-state index contributed by atoms with van der Waals surface area (Å²) in [6, 6.07) is 8.18. The van der Waals surface area contributed by atoms with Gasteiger partial charge in [0.05, 0.1) is 18.2 Å². The van der Waals surface area contributed by atoms with E-state index in [9.17, 15) is 9.90 Å². The van der Waals surface area contributed by atoms with E-state index in [1.54, 1.807) is 0 Å². The number of aliphatic hydroxyl groups is 1. The summed E-state index contributed by atoms with van der Waals surface area (Å²) < 4.78 is 0. The molecule has 114 valence electrons. The second-order valence-electron chi connectivity index (χ2n) is 6.81. The first-order chi connectivity index (χ1) is 10.0. The molecule has 0 aromatic heterocycles. The zero-order valence-electron chi connectivity index (χ0n) is 12.7. The first-order valence-electron chi connectivity index (χ1n) is 7.81. The highest BCUT2D eigenvalue weighted by atomic mass is 16.3. The predicted octanol–water partition coefficient (Wildman–Crippen LogP) is 2.38. The Bertz CT molecular complexity index is 541. The molecule has 0 aliphatic heterocycles. The van der Waals surface area contributed by atoms with Gasteiger partial charge >= 0.3 is 6.03 Å². The number of amides is 2. The number of aliphatic hydroxyl groups excluding tert-OH is 1. The molecule has 2 amide bonds. The van der Waals surface area contributed by atoms with Gasteiger partial charge in [-0.2, -0.15) is 0 Å². The molecule has 0 radical (unpaired) electrons. The van der Waals surface area contributed by atoms with Gasteiger partial charge in [0.15, 0.2) is 0 Å². The van der Waals surface area contributed by atoms with Crippen LogP contribution in [-0.4, -0.2) is 23.3 Å². The highest BCUT2D eigenvalue weighted by molar-refractivity contribution is 5.75. The van der Waals surface area contributed by atoms with E-state index < -0.39 is 5.54 Å². The molecule has 1 aromatic rings. The molecule has 4 heteroatoms. The summed E-state index contributed by atoms with van der Waals surface area (Å²) in [5.41, 5.74) is 2.05. The molecule has 0 saturated heterocycles. The molecule has 4 nitrogen and oxygen atoms in total. The van der Waals surface area contributed by atoms with Crippen LogP contribution >= 0.6 is 0 Å². The van der Waals surface area contributed by atoms with E-state index in [0.717, 1.165) is 19.3 Å². The highest BCUT2D eigenvalue weighted by Gasteiger charge is 2.42. The van der Waals surface area contributed by atoms with E-state index in [-0.39, 0.29) is 18.7 Å². The first kappa shape index (κ1) is 14.4. The van der Waals surface area contributed by atoms with Crippen LogP contribution in [0.1, 0.15) is 43.9 Å². The second kappa shape index (κ2) is 5.34. The lowest BCUT2D eigenvalue weighted by Crippen LogP contribution is -2.54. The van der Waals surface area contributed by atoms with Crippen LogP contribution in [0.2, 0.25) is 0 Å². The predicted molar refractivity (Wildman–Crippen MR) is 81.9 cm³/mol. The largest absolute Gasteiger partial charge is 0.394 e. The van der Waals surface area contributed by atoms with Crippen LogP contribution in [0, 0.1) is 11.8 Å². The molecule has 3 N–H and O–H groups in total. The third-order valence-electron chi connectivity index (χ3n) is 4.99. The topological polar surface area (TPSA) is 61.4 Å². The second-order valence-corrected chi connectivity index (χ2v) is 6.81. The van der Waals surface area contributed by atoms with Gasteiger partial charge in [-0.15, -0.1) is 0 Å². The minimum absolute atomic E-state index is 0.0120. The van der Waals surface area contributed by atoms with Gasteiger partial charge in [-0.05, 0) is 49.1 Å². The van der Waals surface area contributed by atoms with Gasteiger partial charge in [-0.25, -0.2) is 4.79 Å². The third kappa shape index (κ3) is 2.77. The van der Waals surface area contributed by atoms with E-state index in [2.05, 4.69) is 29.7 Å². The minimum atomic E-state index is -0.495. The Morgan fingerprint density at radius 2 is 2.10 bits per heavy atom. The van der Waals surface area contributed by atoms with Crippen molar-refractivity contribution < 1.29 is 9.90 Å². The maximum absolute atomic E-state index is 12.3. The van der Waals surface area contributed by atoms with Gasteiger partial charge in [0.25, 0.3) is 0 Å². The van der Waals surface area contributed by atoms with Crippen LogP contribution < -0.4 is 10.6 Å². The number of carbonyl (C=O) groups is 1. The minimum Gasteiger partial charge on any atom is -0.394 e. The molecule has 3 unspecified atom stereocenters. The summed E-state index contributed by atoms with van der Waals surface area (Å²) in [5.74, 6) is 0.802. The Labute approximate surface area is 125 Å². The number of carbonyl (C=O) groups excluding carboxylic acids is 1. The molecule has 21 heavy (non-hydrogen) atoms. The maximum atomic E-state index is 12.3. The number of fused-ring (bicyclic) bond motifs is 1. The molecule has 1 saturated carbocycles. The Hall–Kier alpha value is -1.55. The standard InChI is InChI=1S/C17H24N2O2/c1-11-9-12-5-3-4-6-14(12)15(11)18-16(21)19-17(2,10-20)13-7-8-13/h3-6,11,13,15,20H,7-10H2,1-2H3,(H2,18,19,21). The van der Waals surface area contributed by atoms with Crippen LogP contribution in [0.15, 0.2) is 24.3 Å². The van der Waals surface area contributed by atoms with Crippen LogP contribution in [0.25, 0.3) is 0 Å². The summed E-state index contributed by atoms with van der Waals surface area (Å²) in [5, 5.41) is 15.7. The van der Waals surface area contributed by atoms with Gasteiger partial charge in [0.1, 0.15) is 0 Å². The van der Waals surface area contributed by atoms with Gasteiger partial charge < -0.3 is 15.7 Å². The van der Waals surface area contributed by atoms with Gasteiger partial charge in [-0.3, -0.25) is 0 Å². The molecule has 0 bridgehead atoms. The fourth-order valence-corrected chi connectivity index (χ4v) is 3.44. The Kier molecular flexibility index (Phi) is 3.66. The lowest BCUT2D eigenvalue weighted by molar-refractivity contribution is 0.153. The third-order valence-corrected chi connectivity index (χ3v) is 4.99. The van der Waals surface area contributed by atoms with Crippen LogP contribution in [-0.2, 0) is 6.42 Å². The van der Waals surface area contributed by atoms with Crippen molar-refractivity contribution in [2.75, 3.05) is 6.61 Å². The fraction of sp³-hybridized carbons (Fsp3) is 0.588. The van der Waals surface area contributed by atoms with Crippen molar-refractivity contribution in [2.24, 2.45) is 11.8 Å². The lowest BCUT2D eigenvalue weighted by Gasteiger charge is -2.30. The summed E-state index contributed by atoms with van der Waals surface area (Å²) in [6.45, 7) is 4.08. The normalized spacial score (nSPS) is 26.8. The zero-order valence-corrected chi connectivity index (χ0v) is 12.7. The quantitative estimate of drug-likeness (QED) is 0.796. The molecule has 3 atom stereocenters. The maximum Gasteiger partial charge on any atom is 0.315 e. The molecule has 1 fully saturated rings. The van der Waals surface area contributed by atoms with Gasteiger partial charge in [0.2, 0.25) is 0 Å². The van der Waals surface area contributed by atoms with Crippen molar-refractivity contribution in [3.63, 3.8) is 0 Å². The first-order valence-corrected chi connectivity index (χ1v) is 7.81. The molecule has 0 heterocycles. The molecular weight excluding hydrogens is 264 g/mol. The number of nitrogens with one attached hydrogen (secondary N) is 2. The van der Waals surface area contributed by atoms with Crippen molar-refractivity contribution in [1.29, 1.82) is 0 Å². The summed E-state index contributed by atoms with van der Waals surface area (Å²) in [4.78, 5) is 12.3. The van der Waals surface area contributed by atoms with Crippen molar-refractivity contribution in [3.8, 4) is 0 Å². The number of benzene rings is 1. The smallest absolute Gasteiger partial charge is 0.315 e. The Morgan fingerprint density at radius 3 is 2.76 bits per heavy atom. The number of urea groups is 1. The molecule has 3 rings (SSSR count). The summed E-state index contributed by atoms with van der Waals surface area (Å²) in [7, 11) is 0. The molecule has 1 aromatic carbocycles. The van der Waals surface area contributed by atoms with E-state index >= 15 is 0 Å². The Balaban J connectivity index is 1.68. The van der Waals surface area contributed by atoms with Crippen LogP contribution in [0.3, 0.4) is 0 Å². The molecular formula is C17H24N2O2.